The number of hydrogen-bond acceptors (Lipinski definition) is 7. The molecular formula is C27H27N5O5. The summed E-state index contributed by atoms with van der Waals surface area (Å²) in [6.45, 7) is 0.888. The molecule has 3 N–H and O–H groups in total. The van der Waals surface area contributed by atoms with E-state index in [1.54, 1.807) is 25.2 Å². The molecule has 5 rings (SSSR count). The molecule has 10 heteroatoms. The predicted molar refractivity (Wildman–Crippen MR) is 134 cm³/mol. The highest BCUT2D eigenvalue weighted by molar-refractivity contribution is 6.02. The Labute approximate surface area is 214 Å². The number of aliphatic hydroxyl groups is 1. The molecule has 190 valence electrons. The number of H-pyrrole nitrogens is 1. The molecule has 2 aromatic carbocycles. The van der Waals surface area contributed by atoms with Crippen molar-refractivity contribution in [3.8, 4) is 17.6 Å². The van der Waals surface area contributed by atoms with Gasteiger partial charge < -0.3 is 24.8 Å². The quantitative estimate of drug-likeness (QED) is 0.462. The Morgan fingerprint density at radius 3 is 2.81 bits per heavy atom. The van der Waals surface area contributed by atoms with E-state index in [-0.39, 0.29) is 18.3 Å². The van der Waals surface area contributed by atoms with E-state index in [0.29, 0.717) is 55.3 Å². The first-order valence-corrected chi connectivity index (χ1v) is 12.0. The van der Waals surface area contributed by atoms with E-state index in [2.05, 4.69) is 32.3 Å². The second kappa shape index (κ2) is 10.4. The van der Waals surface area contributed by atoms with Crippen molar-refractivity contribution < 1.29 is 24.2 Å². The lowest BCUT2D eigenvalue weighted by Gasteiger charge is -2.26. The summed E-state index contributed by atoms with van der Waals surface area (Å²) >= 11 is 0. The molecule has 0 spiro atoms. The standard InChI is InChI=1S/C27H27N5O5/c1-32-21-15-19(9-10-27(35)11-13-36-14-12-27)7-8-22(21)37-17-20(26(32)34)28-25(33)24-29-23(30-31-24)16-18-5-3-2-4-6-18/h2-8,15,20,35H,11-14,16-17H2,1H3,(H,28,33)(H,29,30,31)/t20-/m1/s1. The Morgan fingerprint density at radius 1 is 1.24 bits per heavy atom. The van der Waals surface area contributed by atoms with Gasteiger partial charge in [-0.1, -0.05) is 42.2 Å². The van der Waals surface area contributed by atoms with Crippen LogP contribution in [0.4, 0.5) is 5.69 Å². The number of likely N-dealkylation sites (N-methyl/N-ethyl adjacent to an activating group) is 1. The second-order valence-electron chi connectivity index (χ2n) is 9.08. The maximum atomic E-state index is 13.2. The monoisotopic (exact) mass is 501 g/mol. The molecular weight excluding hydrogens is 474 g/mol. The van der Waals surface area contributed by atoms with Crippen LogP contribution in [0.15, 0.2) is 48.5 Å². The molecule has 0 aliphatic carbocycles. The molecule has 37 heavy (non-hydrogen) atoms. The predicted octanol–water partition coefficient (Wildman–Crippen LogP) is 1.44. The Balaban J connectivity index is 1.26. The summed E-state index contributed by atoms with van der Waals surface area (Å²) in [6.07, 6.45) is 1.40. The summed E-state index contributed by atoms with van der Waals surface area (Å²) in [5, 5.41) is 20.1. The zero-order valence-electron chi connectivity index (χ0n) is 20.4. The second-order valence-corrected chi connectivity index (χ2v) is 9.08. The Morgan fingerprint density at radius 2 is 2.03 bits per heavy atom. The fraction of sp³-hybridized carbons (Fsp3) is 0.333. The third-order valence-electron chi connectivity index (χ3n) is 6.37. The van der Waals surface area contributed by atoms with Gasteiger partial charge in [0.1, 0.15) is 29.8 Å². The number of fused-ring (bicyclic) bond motifs is 1. The van der Waals surface area contributed by atoms with Gasteiger partial charge in [0.15, 0.2) is 0 Å². The zero-order chi connectivity index (χ0) is 25.8. The lowest BCUT2D eigenvalue weighted by Crippen LogP contribution is -2.49. The first kappa shape index (κ1) is 24.5. The molecule has 1 aromatic heterocycles. The Bertz CT molecular complexity index is 1350. The zero-order valence-corrected chi connectivity index (χ0v) is 20.4. The number of hydrogen-bond donors (Lipinski definition) is 3. The van der Waals surface area contributed by atoms with E-state index in [4.69, 9.17) is 9.47 Å². The average Bonchev–Trinajstić information content (AvgIpc) is 3.35. The molecule has 0 saturated carbocycles. The van der Waals surface area contributed by atoms with Crippen LogP contribution in [0.25, 0.3) is 0 Å². The van der Waals surface area contributed by atoms with Gasteiger partial charge in [0.25, 0.3) is 11.8 Å². The molecule has 2 amide bonds. The van der Waals surface area contributed by atoms with Gasteiger partial charge in [-0.15, -0.1) is 5.10 Å². The Hall–Kier alpha value is -4.20. The Kier molecular flexibility index (Phi) is 6.90. The fourth-order valence-electron chi connectivity index (χ4n) is 4.19. The summed E-state index contributed by atoms with van der Waals surface area (Å²) in [4.78, 5) is 31.7. The van der Waals surface area contributed by atoms with Gasteiger partial charge in [0.2, 0.25) is 5.82 Å². The van der Waals surface area contributed by atoms with Crippen LogP contribution in [-0.2, 0) is 16.0 Å². The lowest BCUT2D eigenvalue weighted by atomic mass is 9.95. The van der Waals surface area contributed by atoms with Crippen molar-refractivity contribution in [2.45, 2.75) is 30.9 Å². The number of carbonyl (C=O) groups excluding carboxylic acids is 2. The number of nitrogens with one attached hydrogen (secondary N) is 2. The largest absolute Gasteiger partial charge is 0.489 e. The van der Waals surface area contributed by atoms with Crippen LogP contribution >= 0.6 is 0 Å². The van der Waals surface area contributed by atoms with Crippen molar-refractivity contribution in [3.63, 3.8) is 0 Å². The third kappa shape index (κ3) is 5.63. The van der Waals surface area contributed by atoms with Crippen LogP contribution in [0, 0.1) is 11.8 Å². The van der Waals surface area contributed by atoms with Gasteiger partial charge in [0, 0.05) is 31.9 Å². The highest BCUT2D eigenvalue weighted by Gasteiger charge is 2.32. The maximum Gasteiger partial charge on any atom is 0.291 e. The van der Waals surface area contributed by atoms with Crippen LogP contribution in [0.5, 0.6) is 5.75 Å². The van der Waals surface area contributed by atoms with Gasteiger partial charge in [-0.3, -0.25) is 14.7 Å². The number of amides is 2. The minimum atomic E-state index is -1.08. The van der Waals surface area contributed by atoms with Crippen LogP contribution in [-0.4, -0.2) is 70.6 Å². The first-order chi connectivity index (χ1) is 17.9. The van der Waals surface area contributed by atoms with Crippen molar-refractivity contribution >= 4 is 17.5 Å². The molecule has 0 unspecified atom stereocenters. The SMILES string of the molecule is CN1C(=O)[C@H](NC(=O)c2n[nH]c(Cc3ccccc3)n2)COc2ccc(C#CC3(O)CCOCC3)cc21. The number of anilines is 1. The van der Waals surface area contributed by atoms with E-state index in [1.807, 2.05) is 30.3 Å². The topological polar surface area (TPSA) is 130 Å². The van der Waals surface area contributed by atoms with Gasteiger partial charge >= 0.3 is 0 Å². The summed E-state index contributed by atoms with van der Waals surface area (Å²) in [5.74, 6) is 6.01. The number of nitrogens with zero attached hydrogens (tertiary/aromatic N) is 3. The summed E-state index contributed by atoms with van der Waals surface area (Å²) in [7, 11) is 1.61. The van der Waals surface area contributed by atoms with Crippen LogP contribution in [0.2, 0.25) is 0 Å². The molecule has 3 aromatic rings. The number of rotatable bonds is 4. The maximum absolute atomic E-state index is 13.2. The molecule has 3 heterocycles. The molecule has 0 radical (unpaired) electrons. The molecule has 2 aliphatic rings. The fourth-order valence-corrected chi connectivity index (χ4v) is 4.19. The normalized spacial score (nSPS) is 18.6. The van der Waals surface area contributed by atoms with Crippen LogP contribution < -0.4 is 15.0 Å². The van der Waals surface area contributed by atoms with Crippen molar-refractivity contribution in [2.24, 2.45) is 0 Å². The van der Waals surface area contributed by atoms with Crippen molar-refractivity contribution in [2.75, 3.05) is 31.8 Å². The van der Waals surface area contributed by atoms with E-state index in [0.717, 1.165) is 5.56 Å². The van der Waals surface area contributed by atoms with Crippen LogP contribution in [0.1, 0.15) is 40.4 Å². The minimum absolute atomic E-state index is 0.0476. The molecule has 1 saturated heterocycles. The molecule has 0 bridgehead atoms. The van der Waals surface area contributed by atoms with Gasteiger partial charge in [-0.2, -0.15) is 0 Å². The highest BCUT2D eigenvalue weighted by Crippen LogP contribution is 2.31. The van der Waals surface area contributed by atoms with Crippen molar-refractivity contribution in [1.82, 2.24) is 20.5 Å². The average molecular weight is 502 g/mol. The lowest BCUT2D eigenvalue weighted by molar-refractivity contribution is -0.120. The van der Waals surface area contributed by atoms with E-state index >= 15 is 0 Å². The third-order valence-corrected chi connectivity index (χ3v) is 6.37. The number of ether oxygens (including phenoxy) is 2. The number of carbonyl (C=O) groups is 2. The first-order valence-electron chi connectivity index (χ1n) is 12.0. The van der Waals surface area contributed by atoms with Crippen molar-refractivity contribution in [3.05, 3.63) is 71.3 Å². The smallest absolute Gasteiger partial charge is 0.291 e. The van der Waals surface area contributed by atoms with E-state index < -0.39 is 17.6 Å². The minimum Gasteiger partial charge on any atom is -0.489 e. The summed E-state index contributed by atoms with van der Waals surface area (Å²) < 4.78 is 11.1. The van der Waals surface area contributed by atoms with Gasteiger partial charge in [-0.25, -0.2) is 4.98 Å². The molecule has 2 aliphatic heterocycles. The molecule has 1 fully saturated rings. The highest BCUT2D eigenvalue weighted by atomic mass is 16.5. The van der Waals surface area contributed by atoms with Crippen molar-refractivity contribution in [1.29, 1.82) is 0 Å². The molecule has 10 nitrogen and oxygen atoms in total. The van der Waals surface area contributed by atoms with E-state index in [1.165, 1.54) is 4.90 Å². The number of benzene rings is 2. The summed E-state index contributed by atoms with van der Waals surface area (Å²) in [6, 6.07) is 14.0. The number of aromatic amines is 1. The van der Waals surface area contributed by atoms with Crippen LogP contribution in [0.3, 0.4) is 0 Å². The number of aromatic nitrogens is 3. The van der Waals surface area contributed by atoms with E-state index in [9.17, 15) is 14.7 Å². The van der Waals surface area contributed by atoms with Gasteiger partial charge in [-0.05, 0) is 23.8 Å². The van der Waals surface area contributed by atoms with Gasteiger partial charge in [0.05, 0.1) is 18.9 Å². The molecule has 1 atom stereocenters. The summed E-state index contributed by atoms with van der Waals surface area (Å²) in [5.41, 5.74) is 1.11.